The summed E-state index contributed by atoms with van der Waals surface area (Å²) < 4.78 is 65.0. The van der Waals surface area contributed by atoms with Crippen LogP contribution in [0.25, 0.3) is 0 Å². The number of phosphoric ester groups is 1. The minimum absolute atomic E-state index is 0.0945. The van der Waals surface area contributed by atoms with Crippen molar-refractivity contribution in [2.24, 2.45) is 0 Å². The predicted octanol–water partition coefficient (Wildman–Crippen LogP) is -0.186. The Morgan fingerprint density at radius 1 is 1.21 bits per heavy atom. The van der Waals surface area contributed by atoms with Crippen LogP contribution in [-0.2, 0) is 31.6 Å². The van der Waals surface area contributed by atoms with Crippen molar-refractivity contribution in [2.45, 2.75) is 31.8 Å². The molecule has 2 heterocycles. The summed E-state index contributed by atoms with van der Waals surface area (Å²) in [4.78, 5) is 60.4. The number of hydrogen-bond acceptors (Lipinski definition) is 9. The highest BCUT2D eigenvalue weighted by molar-refractivity contribution is 7.66. The largest absolute Gasteiger partial charge is 0.490 e. The fourth-order valence-electron chi connectivity index (χ4n) is 2.31. The minimum atomic E-state index is -5.68. The van der Waals surface area contributed by atoms with Gasteiger partial charge in [-0.25, -0.2) is 22.9 Å². The summed E-state index contributed by atoms with van der Waals surface area (Å²) in [5.41, 5.74) is -1.54. The summed E-state index contributed by atoms with van der Waals surface area (Å²) in [7, 11) is -16.6. The lowest BCUT2D eigenvalue weighted by Crippen LogP contribution is -2.35. The Labute approximate surface area is 160 Å². The highest BCUT2D eigenvalue weighted by Gasteiger charge is 2.43. The van der Waals surface area contributed by atoms with Crippen LogP contribution in [0.1, 0.15) is 18.2 Å². The van der Waals surface area contributed by atoms with Gasteiger partial charge < -0.3 is 24.3 Å². The maximum Gasteiger partial charge on any atom is 0.490 e. The Balaban J connectivity index is 2.02. The van der Waals surface area contributed by atoms with E-state index in [0.29, 0.717) is 0 Å². The second kappa shape index (κ2) is 8.61. The van der Waals surface area contributed by atoms with Gasteiger partial charge in [-0.15, -0.1) is 0 Å². The smallest absolute Gasteiger partial charge is 0.349 e. The molecular weight excluding hydrogens is 468 g/mol. The number of rotatable bonds is 8. The first kappa shape index (κ1) is 24.3. The van der Waals surface area contributed by atoms with E-state index in [0.717, 1.165) is 10.8 Å². The van der Waals surface area contributed by atoms with Crippen LogP contribution < -0.4 is 11.2 Å². The van der Waals surface area contributed by atoms with Gasteiger partial charge in [-0.2, -0.15) is 8.62 Å². The topological polar surface area (TPSA) is 224 Å². The molecule has 29 heavy (non-hydrogen) atoms. The van der Waals surface area contributed by atoms with Gasteiger partial charge in [0.1, 0.15) is 6.17 Å². The molecule has 1 aromatic heterocycles. The Kier molecular flexibility index (Phi) is 7.20. The maximum atomic E-state index is 14.2. The lowest BCUT2D eigenvalue weighted by atomic mass is 10.2. The molecule has 1 aliphatic rings. The number of nitrogens with zero attached hydrogens (tertiary/aromatic N) is 1. The Bertz CT molecular complexity index is 1020. The van der Waals surface area contributed by atoms with E-state index < -0.39 is 66.2 Å². The lowest BCUT2D eigenvalue weighted by molar-refractivity contribution is -0.0389. The second-order valence-electron chi connectivity index (χ2n) is 5.77. The fraction of sp³-hybridized carbons (Fsp3) is 0.600. The summed E-state index contributed by atoms with van der Waals surface area (Å²) in [6.07, 6.45) is -3.87. The molecule has 0 bridgehead atoms. The van der Waals surface area contributed by atoms with Crippen LogP contribution in [0.15, 0.2) is 15.8 Å². The quantitative estimate of drug-likeness (QED) is 0.302. The van der Waals surface area contributed by atoms with Gasteiger partial charge in [0.15, 0.2) is 6.23 Å². The number of alkyl halides is 1. The van der Waals surface area contributed by atoms with Crippen LogP contribution in [0.5, 0.6) is 0 Å². The molecule has 15 nitrogen and oxygen atoms in total. The molecule has 0 aromatic carbocycles. The van der Waals surface area contributed by atoms with Crippen molar-refractivity contribution in [3.63, 3.8) is 0 Å². The second-order valence-corrected chi connectivity index (χ2v) is 10.2. The number of hydrogen-bond donors (Lipinski definition) is 5. The van der Waals surface area contributed by atoms with E-state index in [9.17, 15) is 32.6 Å². The van der Waals surface area contributed by atoms with Crippen molar-refractivity contribution in [2.75, 3.05) is 6.61 Å². The van der Waals surface area contributed by atoms with Crippen LogP contribution in [0.4, 0.5) is 4.39 Å². The molecular formula is C10H16FN2O13P3. The van der Waals surface area contributed by atoms with E-state index in [2.05, 4.69) is 13.1 Å². The third-order valence-electron chi connectivity index (χ3n) is 3.39. The molecule has 1 aromatic rings. The molecule has 0 radical (unpaired) electrons. The monoisotopic (exact) mass is 484 g/mol. The van der Waals surface area contributed by atoms with Crippen LogP contribution >= 0.6 is 23.5 Å². The molecule has 2 unspecified atom stereocenters. The summed E-state index contributed by atoms with van der Waals surface area (Å²) in [6, 6.07) is 0. The normalized spacial score (nSPS) is 26.8. The highest BCUT2D eigenvalue weighted by Crippen LogP contribution is 2.66. The number of nitrogens with one attached hydrogen (secondary N) is 1. The van der Waals surface area contributed by atoms with E-state index in [-0.39, 0.29) is 5.56 Å². The first-order valence-corrected chi connectivity index (χ1v) is 12.0. The van der Waals surface area contributed by atoms with Gasteiger partial charge in [0, 0.05) is 18.2 Å². The number of phosphoric acid groups is 3. The first-order valence-electron chi connectivity index (χ1n) is 7.48. The average Bonchev–Trinajstić information content (AvgIpc) is 2.86. The SMILES string of the molecule is Cc1cn([C@@H]2O[C@H](COP(=O)(O)OP(=O)(O)OP(=O)(O)O)C[C@@H]2F)c(=O)[nH]c1=O. The van der Waals surface area contributed by atoms with Crippen molar-refractivity contribution in [3.8, 4) is 0 Å². The number of halogens is 1. The third-order valence-corrected chi connectivity index (χ3v) is 7.19. The molecule has 0 spiro atoms. The van der Waals surface area contributed by atoms with E-state index >= 15 is 0 Å². The summed E-state index contributed by atoms with van der Waals surface area (Å²) in [5.74, 6) is 0. The van der Waals surface area contributed by atoms with Gasteiger partial charge in [-0.1, -0.05) is 0 Å². The molecule has 5 N–H and O–H groups in total. The standard InChI is InChI=1S/C10H16FN2O13P3/c1-5-3-13(10(15)12-8(5)14)9-7(11)2-6(24-9)4-23-28(19,20)26-29(21,22)25-27(16,17)18/h3,6-7,9H,2,4H2,1H3,(H,19,20)(H,21,22)(H,12,14,15)(H2,16,17,18)/t6-,7-,9+/m0/s1. The highest BCUT2D eigenvalue weighted by atomic mass is 31.3. The van der Waals surface area contributed by atoms with Crippen molar-refractivity contribution in [1.29, 1.82) is 0 Å². The zero-order valence-corrected chi connectivity index (χ0v) is 17.0. The zero-order chi connectivity index (χ0) is 22.2. The molecule has 2 rings (SSSR count). The predicted molar refractivity (Wildman–Crippen MR) is 89.3 cm³/mol. The van der Waals surface area contributed by atoms with Gasteiger partial charge in [0.05, 0.1) is 12.7 Å². The van der Waals surface area contributed by atoms with Gasteiger partial charge in [-0.3, -0.25) is 18.9 Å². The molecule has 5 atom stereocenters. The minimum Gasteiger partial charge on any atom is -0.349 e. The molecule has 1 fully saturated rings. The Morgan fingerprint density at radius 3 is 2.41 bits per heavy atom. The molecule has 1 saturated heterocycles. The Hall–Kier alpha value is -1.02. The number of aromatic amines is 1. The van der Waals surface area contributed by atoms with E-state index in [1.54, 1.807) is 0 Å². The molecule has 166 valence electrons. The van der Waals surface area contributed by atoms with Gasteiger partial charge >= 0.3 is 29.2 Å². The summed E-state index contributed by atoms with van der Waals surface area (Å²) >= 11 is 0. The van der Waals surface area contributed by atoms with Crippen molar-refractivity contribution < 1.29 is 55.5 Å². The number of H-pyrrole nitrogens is 1. The number of aryl methyl sites for hydroxylation is 1. The first-order chi connectivity index (χ1) is 13.1. The van der Waals surface area contributed by atoms with E-state index in [1.165, 1.54) is 6.92 Å². The molecule has 0 saturated carbocycles. The van der Waals surface area contributed by atoms with Crippen molar-refractivity contribution in [3.05, 3.63) is 32.6 Å². The molecule has 0 amide bonds. The fourth-order valence-corrected chi connectivity index (χ4v) is 5.36. The van der Waals surface area contributed by atoms with Gasteiger partial charge in [0.2, 0.25) is 0 Å². The van der Waals surface area contributed by atoms with Crippen LogP contribution in [0, 0.1) is 6.92 Å². The van der Waals surface area contributed by atoms with Gasteiger partial charge in [-0.05, 0) is 6.92 Å². The van der Waals surface area contributed by atoms with E-state index in [1.807, 2.05) is 4.98 Å². The van der Waals surface area contributed by atoms with E-state index in [4.69, 9.17) is 19.4 Å². The molecule has 0 aliphatic carbocycles. The Morgan fingerprint density at radius 2 is 1.83 bits per heavy atom. The van der Waals surface area contributed by atoms with Gasteiger partial charge in [0.25, 0.3) is 5.56 Å². The van der Waals surface area contributed by atoms with Crippen molar-refractivity contribution in [1.82, 2.24) is 9.55 Å². The molecule has 19 heteroatoms. The summed E-state index contributed by atoms with van der Waals surface area (Å²) in [5, 5.41) is 0. The maximum absolute atomic E-state index is 14.2. The molecule has 1 aliphatic heterocycles. The third kappa shape index (κ3) is 7.02. The number of aromatic nitrogens is 2. The average molecular weight is 484 g/mol. The van der Waals surface area contributed by atoms with Crippen molar-refractivity contribution >= 4 is 23.5 Å². The van der Waals surface area contributed by atoms with Crippen LogP contribution in [-0.4, -0.2) is 48.0 Å². The summed E-state index contributed by atoms with van der Waals surface area (Å²) in [6.45, 7) is 0.501. The number of ether oxygens (including phenoxy) is 1. The zero-order valence-electron chi connectivity index (χ0n) is 14.4. The van der Waals surface area contributed by atoms with Crippen LogP contribution in [0.2, 0.25) is 0 Å². The van der Waals surface area contributed by atoms with Crippen LogP contribution in [0.3, 0.4) is 0 Å². The lowest BCUT2D eigenvalue weighted by Gasteiger charge is -2.19.